The molecule has 1 rings (SSSR count). The maximum Gasteiger partial charge on any atom is 0.320 e. The summed E-state index contributed by atoms with van der Waals surface area (Å²) in [6.07, 6.45) is 1.76. The third kappa shape index (κ3) is 3.99. The lowest BCUT2D eigenvalue weighted by Crippen LogP contribution is -2.32. The Morgan fingerprint density at radius 3 is 2.85 bits per heavy atom. The number of hydrogen-bond acceptors (Lipinski definition) is 4. The molecule has 70 valence electrons. The molecule has 4 N–H and O–H groups in total. The van der Waals surface area contributed by atoms with Crippen LogP contribution < -0.4 is 5.73 Å². The van der Waals surface area contributed by atoms with Gasteiger partial charge in [0.15, 0.2) is 5.16 Å². The van der Waals surface area contributed by atoms with Crippen LogP contribution in [0.2, 0.25) is 0 Å². The number of H-pyrrole nitrogens is 1. The van der Waals surface area contributed by atoms with Crippen molar-refractivity contribution in [3.63, 3.8) is 0 Å². The van der Waals surface area contributed by atoms with E-state index in [9.17, 15) is 4.79 Å². The molecule has 0 bridgehead atoms. The highest BCUT2D eigenvalue weighted by Crippen LogP contribution is 2.02. The first-order chi connectivity index (χ1) is 5.59. The van der Waals surface area contributed by atoms with Crippen molar-refractivity contribution < 1.29 is 9.90 Å². The largest absolute Gasteiger partial charge is 0.480 e. The minimum Gasteiger partial charge on any atom is -0.480 e. The average molecular weight is 214 g/mol. The third-order valence-corrected chi connectivity index (χ3v) is 1.60. The number of thiol groups is 1. The van der Waals surface area contributed by atoms with E-state index >= 15 is 0 Å². The number of nitrogens with one attached hydrogen (secondary N) is 1. The minimum absolute atomic E-state index is 0. The molecular weight excluding hydrogens is 202 g/mol. The molecule has 0 saturated carbocycles. The van der Waals surface area contributed by atoms with Crippen LogP contribution in [-0.4, -0.2) is 50.1 Å². The van der Waals surface area contributed by atoms with E-state index in [1.54, 1.807) is 0 Å². The lowest BCUT2D eigenvalue weighted by atomic mass is 10.2. The first kappa shape index (κ1) is 12.8. The molecule has 0 radical (unpaired) electrons. The van der Waals surface area contributed by atoms with E-state index in [1.165, 1.54) is 6.20 Å². The van der Waals surface area contributed by atoms with Crippen molar-refractivity contribution in [2.75, 3.05) is 0 Å². The Balaban J connectivity index is 0.00000144. The van der Waals surface area contributed by atoms with Crippen LogP contribution in [0.15, 0.2) is 11.4 Å². The Morgan fingerprint density at radius 1 is 1.85 bits per heavy atom. The van der Waals surface area contributed by atoms with Crippen molar-refractivity contribution in [1.29, 1.82) is 0 Å². The number of aliphatic carboxylic acids is 1. The van der Waals surface area contributed by atoms with Crippen LogP contribution in [0.4, 0.5) is 0 Å². The van der Waals surface area contributed by atoms with Gasteiger partial charge in [0.05, 0.1) is 0 Å². The van der Waals surface area contributed by atoms with E-state index in [2.05, 4.69) is 22.6 Å². The topological polar surface area (TPSA) is 92.0 Å². The second-order valence-corrected chi connectivity index (χ2v) is 2.80. The molecule has 7 heteroatoms. The van der Waals surface area contributed by atoms with Crippen molar-refractivity contribution in [1.82, 2.24) is 9.97 Å². The van der Waals surface area contributed by atoms with Gasteiger partial charge in [-0.1, -0.05) is 0 Å². The van der Waals surface area contributed by atoms with E-state index in [1.807, 2.05) is 0 Å². The predicted octanol–water partition coefficient (Wildman–Crippen LogP) is -1.26. The van der Waals surface area contributed by atoms with Gasteiger partial charge >= 0.3 is 29.0 Å². The summed E-state index contributed by atoms with van der Waals surface area (Å²) in [5.41, 5.74) is 5.96. The van der Waals surface area contributed by atoms with Crippen LogP contribution in [0.3, 0.4) is 0 Å². The summed E-state index contributed by atoms with van der Waals surface area (Å²) in [5.74, 6) is -1.02. The van der Waals surface area contributed by atoms with Crippen molar-refractivity contribution in [3.8, 4) is 0 Å². The number of carbonyl (C=O) groups is 1. The number of aromatic nitrogens is 2. The Labute approximate surface area is 96.7 Å². The van der Waals surface area contributed by atoms with Crippen LogP contribution in [0, 0.1) is 0 Å². The molecule has 0 fully saturated rings. The van der Waals surface area contributed by atoms with Crippen LogP contribution in [0.5, 0.6) is 0 Å². The van der Waals surface area contributed by atoms with Crippen LogP contribution in [0.1, 0.15) is 5.69 Å². The second kappa shape index (κ2) is 5.48. The molecule has 1 heterocycles. The Bertz CT molecular complexity index is 291. The lowest BCUT2D eigenvalue weighted by Gasteiger charge is -2.02. The molecule has 1 atom stereocenters. The van der Waals surface area contributed by atoms with E-state index in [4.69, 9.17) is 10.8 Å². The summed E-state index contributed by atoms with van der Waals surface area (Å²) < 4.78 is 0. The standard InChI is InChI=1S/C6H9N3O2S.Mg.2H/c7-4(5(10)11)1-3-2-8-6(12)9-3;;;/h2,4H,1,7H2,(H,10,11)(H2,8,9,12);;;/t4-;;;/m0.../s1. The molecule has 0 unspecified atom stereocenters. The molecule has 0 aliphatic carbocycles. The highest BCUT2D eigenvalue weighted by atomic mass is 32.1. The van der Waals surface area contributed by atoms with Crippen molar-refractivity contribution in [2.45, 2.75) is 17.6 Å². The number of rotatable bonds is 3. The van der Waals surface area contributed by atoms with Gasteiger partial charge in [0.1, 0.15) is 6.04 Å². The summed E-state index contributed by atoms with van der Waals surface area (Å²) >= 11 is 3.92. The number of imidazole rings is 1. The fourth-order valence-corrected chi connectivity index (χ4v) is 0.977. The highest BCUT2D eigenvalue weighted by molar-refractivity contribution is 7.80. The molecule has 5 nitrogen and oxygen atoms in total. The molecule has 1 aromatic heterocycles. The van der Waals surface area contributed by atoms with Crippen LogP contribution >= 0.6 is 12.6 Å². The van der Waals surface area contributed by atoms with E-state index in [0.717, 1.165) is 0 Å². The van der Waals surface area contributed by atoms with Gasteiger partial charge in [0, 0.05) is 18.3 Å². The molecule has 0 aliphatic heterocycles. The van der Waals surface area contributed by atoms with Crippen LogP contribution in [-0.2, 0) is 11.2 Å². The van der Waals surface area contributed by atoms with E-state index < -0.39 is 12.0 Å². The number of aromatic amines is 1. The van der Waals surface area contributed by atoms with Gasteiger partial charge in [-0.05, 0) is 0 Å². The summed E-state index contributed by atoms with van der Waals surface area (Å²) in [6, 6.07) is -0.891. The van der Waals surface area contributed by atoms with Gasteiger partial charge in [-0.3, -0.25) is 4.79 Å². The van der Waals surface area contributed by atoms with Gasteiger partial charge in [-0.15, -0.1) is 12.6 Å². The Morgan fingerprint density at radius 2 is 2.46 bits per heavy atom. The van der Waals surface area contributed by atoms with Crippen molar-refractivity contribution in [3.05, 3.63) is 11.9 Å². The van der Waals surface area contributed by atoms with E-state index in [0.29, 0.717) is 10.9 Å². The van der Waals surface area contributed by atoms with Crippen molar-refractivity contribution >= 4 is 41.7 Å². The molecule has 13 heavy (non-hydrogen) atoms. The predicted molar refractivity (Wildman–Crippen MR) is 53.7 cm³/mol. The second-order valence-electron chi connectivity index (χ2n) is 2.38. The fourth-order valence-electron chi connectivity index (χ4n) is 0.775. The number of carboxylic acid groups (broad SMARTS) is 1. The number of carboxylic acids is 1. The maximum atomic E-state index is 10.3. The maximum absolute atomic E-state index is 10.3. The summed E-state index contributed by atoms with van der Waals surface area (Å²) in [4.78, 5) is 16.9. The number of hydrogen-bond donors (Lipinski definition) is 4. The van der Waals surface area contributed by atoms with Gasteiger partial charge in [0.2, 0.25) is 0 Å². The summed E-state index contributed by atoms with van der Waals surface area (Å²) in [7, 11) is 0. The van der Waals surface area contributed by atoms with Gasteiger partial charge < -0.3 is 15.8 Å². The molecular formula is C6H11MgN3O2S. The monoisotopic (exact) mass is 213 g/mol. The zero-order valence-electron chi connectivity index (χ0n) is 6.19. The number of nitrogens with two attached hydrogens (primary N) is 1. The smallest absolute Gasteiger partial charge is 0.320 e. The Hall–Kier alpha value is -0.244. The highest BCUT2D eigenvalue weighted by Gasteiger charge is 2.12. The van der Waals surface area contributed by atoms with Crippen LogP contribution in [0.25, 0.3) is 0 Å². The summed E-state index contributed by atoms with van der Waals surface area (Å²) in [6.45, 7) is 0. The first-order valence-corrected chi connectivity index (χ1v) is 3.75. The van der Waals surface area contributed by atoms with E-state index in [-0.39, 0.29) is 29.5 Å². The zero-order chi connectivity index (χ0) is 9.14. The first-order valence-electron chi connectivity index (χ1n) is 3.31. The Kier molecular flexibility index (Phi) is 5.38. The molecule has 0 spiro atoms. The van der Waals surface area contributed by atoms with Gasteiger partial charge in [-0.25, -0.2) is 4.98 Å². The average Bonchev–Trinajstić information content (AvgIpc) is 2.35. The zero-order valence-corrected chi connectivity index (χ0v) is 7.08. The SMILES string of the molecule is N[C@@H](Cc1cnc(S)[nH]1)C(=O)O.[MgH2]. The molecule has 1 aromatic rings. The van der Waals surface area contributed by atoms with Gasteiger partial charge in [0.25, 0.3) is 0 Å². The lowest BCUT2D eigenvalue weighted by molar-refractivity contribution is -0.138. The minimum atomic E-state index is -1.02. The summed E-state index contributed by atoms with van der Waals surface area (Å²) in [5, 5.41) is 8.93. The molecule has 0 aromatic carbocycles. The molecule has 0 saturated heterocycles. The number of nitrogens with zero attached hydrogens (tertiary/aromatic N) is 1. The third-order valence-electron chi connectivity index (χ3n) is 1.37. The normalized spacial score (nSPS) is 11.8. The molecule has 0 amide bonds. The fraction of sp³-hybridized carbons (Fsp3) is 0.333. The van der Waals surface area contributed by atoms with Gasteiger partial charge in [-0.2, -0.15) is 0 Å². The quantitative estimate of drug-likeness (QED) is 0.372. The molecule has 0 aliphatic rings. The van der Waals surface area contributed by atoms with Crippen molar-refractivity contribution in [2.24, 2.45) is 5.73 Å².